The monoisotopic (exact) mass is 336 g/mol. The van der Waals surface area contributed by atoms with Crippen molar-refractivity contribution in [1.82, 2.24) is 4.57 Å². The maximum Gasteiger partial charge on any atom is 0.250 e. The van der Waals surface area contributed by atoms with Gasteiger partial charge in [-0.1, -0.05) is 22.0 Å². The van der Waals surface area contributed by atoms with Crippen LogP contribution in [0, 0.1) is 5.92 Å². The Morgan fingerprint density at radius 1 is 1.40 bits per heavy atom. The average Bonchev–Trinajstić information content (AvgIpc) is 2.78. The molecule has 1 aromatic carbocycles. The molecule has 3 rings (SSSR count). The predicted molar refractivity (Wildman–Crippen MR) is 81.7 cm³/mol. The number of nitrogens with two attached hydrogens (primary N) is 1. The highest BCUT2D eigenvalue weighted by Gasteiger charge is 2.18. The van der Waals surface area contributed by atoms with Crippen molar-refractivity contribution in [3.8, 4) is 0 Å². The lowest BCUT2D eigenvalue weighted by Gasteiger charge is -2.22. The van der Waals surface area contributed by atoms with E-state index in [0.29, 0.717) is 11.5 Å². The fraction of sp³-hybridized carbons (Fsp3) is 0.400. The van der Waals surface area contributed by atoms with Gasteiger partial charge in [0.1, 0.15) is 0 Å². The largest absolute Gasteiger partial charge is 0.381 e. The summed E-state index contributed by atoms with van der Waals surface area (Å²) in [5.41, 5.74) is 7.13. The first kappa shape index (κ1) is 13.6. The summed E-state index contributed by atoms with van der Waals surface area (Å²) in [4.78, 5) is 11.6. The molecule has 106 valence electrons. The Kier molecular flexibility index (Phi) is 3.81. The number of halogens is 1. The second-order valence-electron chi connectivity index (χ2n) is 5.28. The third-order valence-electron chi connectivity index (χ3n) is 3.91. The topological polar surface area (TPSA) is 57.2 Å². The maximum atomic E-state index is 11.6. The SMILES string of the molecule is NC(=O)c1cn(CC2CCOCC2)c2cc(Br)ccc12. The van der Waals surface area contributed by atoms with Gasteiger partial charge in [0.2, 0.25) is 0 Å². The highest BCUT2D eigenvalue weighted by Crippen LogP contribution is 2.27. The van der Waals surface area contributed by atoms with E-state index < -0.39 is 0 Å². The summed E-state index contributed by atoms with van der Waals surface area (Å²) >= 11 is 3.49. The number of nitrogens with zero attached hydrogens (tertiary/aromatic N) is 1. The van der Waals surface area contributed by atoms with Crippen LogP contribution < -0.4 is 5.73 Å². The molecule has 1 aliphatic rings. The second-order valence-corrected chi connectivity index (χ2v) is 6.19. The lowest BCUT2D eigenvalue weighted by atomic mass is 10.0. The smallest absolute Gasteiger partial charge is 0.250 e. The van der Waals surface area contributed by atoms with Gasteiger partial charge < -0.3 is 15.0 Å². The molecule has 5 heteroatoms. The van der Waals surface area contributed by atoms with Crippen molar-refractivity contribution in [3.63, 3.8) is 0 Å². The predicted octanol–water partition coefficient (Wildman–Crippen LogP) is 2.93. The van der Waals surface area contributed by atoms with Crippen molar-refractivity contribution in [3.05, 3.63) is 34.4 Å². The number of aromatic nitrogens is 1. The Hall–Kier alpha value is -1.33. The molecule has 0 spiro atoms. The van der Waals surface area contributed by atoms with Gasteiger partial charge in [0.25, 0.3) is 5.91 Å². The molecule has 0 saturated carbocycles. The molecule has 0 bridgehead atoms. The summed E-state index contributed by atoms with van der Waals surface area (Å²) in [5.74, 6) is 0.224. The molecule has 2 heterocycles. The molecule has 0 aliphatic carbocycles. The van der Waals surface area contributed by atoms with Crippen LogP contribution in [0.4, 0.5) is 0 Å². The van der Waals surface area contributed by atoms with Crippen LogP contribution in [-0.2, 0) is 11.3 Å². The molecule has 1 fully saturated rings. The lowest BCUT2D eigenvalue weighted by Crippen LogP contribution is -2.20. The van der Waals surface area contributed by atoms with E-state index in [4.69, 9.17) is 10.5 Å². The molecule has 20 heavy (non-hydrogen) atoms. The van der Waals surface area contributed by atoms with Crippen molar-refractivity contribution < 1.29 is 9.53 Å². The Morgan fingerprint density at radius 2 is 2.15 bits per heavy atom. The minimum absolute atomic E-state index is 0.372. The van der Waals surface area contributed by atoms with Gasteiger partial charge in [0, 0.05) is 41.3 Å². The molecular weight excluding hydrogens is 320 g/mol. The minimum Gasteiger partial charge on any atom is -0.381 e. The second kappa shape index (κ2) is 5.58. The van der Waals surface area contributed by atoms with Gasteiger partial charge in [-0.3, -0.25) is 4.79 Å². The number of benzene rings is 1. The molecular formula is C15H17BrN2O2. The Bertz CT molecular complexity index is 645. The molecule has 1 aromatic heterocycles. The van der Waals surface area contributed by atoms with Crippen LogP contribution >= 0.6 is 15.9 Å². The maximum absolute atomic E-state index is 11.6. The van der Waals surface area contributed by atoms with Crippen LogP contribution in [0.2, 0.25) is 0 Å². The number of fused-ring (bicyclic) bond motifs is 1. The van der Waals surface area contributed by atoms with E-state index in [1.165, 1.54) is 0 Å². The number of primary amides is 1. The van der Waals surface area contributed by atoms with Crippen LogP contribution in [0.25, 0.3) is 10.9 Å². The van der Waals surface area contributed by atoms with Crippen LogP contribution in [-0.4, -0.2) is 23.7 Å². The van der Waals surface area contributed by atoms with E-state index in [-0.39, 0.29) is 5.91 Å². The zero-order valence-corrected chi connectivity index (χ0v) is 12.7. The van der Waals surface area contributed by atoms with E-state index >= 15 is 0 Å². The van der Waals surface area contributed by atoms with Crippen LogP contribution in [0.15, 0.2) is 28.9 Å². The molecule has 0 unspecified atom stereocenters. The summed E-state index contributed by atoms with van der Waals surface area (Å²) in [6, 6.07) is 5.93. The number of amides is 1. The van der Waals surface area contributed by atoms with E-state index in [0.717, 1.165) is 48.0 Å². The first-order valence-corrected chi connectivity index (χ1v) is 7.60. The van der Waals surface area contributed by atoms with Crippen molar-refractivity contribution in [2.75, 3.05) is 13.2 Å². The average molecular weight is 337 g/mol. The van der Waals surface area contributed by atoms with Crippen molar-refractivity contribution >= 4 is 32.7 Å². The van der Waals surface area contributed by atoms with E-state index in [2.05, 4.69) is 20.5 Å². The summed E-state index contributed by atoms with van der Waals surface area (Å²) in [6.45, 7) is 2.57. The molecule has 2 aromatic rings. The van der Waals surface area contributed by atoms with Gasteiger partial charge in [-0.05, 0) is 30.9 Å². The summed E-state index contributed by atoms with van der Waals surface area (Å²) in [6.07, 6.45) is 4.02. The molecule has 0 radical (unpaired) electrons. The Balaban J connectivity index is 2.00. The first-order valence-electron chi connectivity index (χ1n) is 6.81. The zero-order chi connectivity index (χ0) is 14.1. The van der Waals surface area contributed by atoms with Gasteiger partial charge in [0.05, 0.1) is 5.56 Å². The first-order chi connectivity index (χ1) is 9.65. The van der Waals surface area contributed by atoms with E-state index in [9.17, 15) is 4.79 Å². The summed E-state index contributed by atoms with van der Waals surface area (Å²) in [5, 5.41) is 0.924. The number of carbonyl (C=O) groups excluding carboxylic acids is 1. The van der Waals surface area contributed by atoms with Crippen molar-refractivity contribution in [2.45, 2.75) is 19.4 Å². The standard InChI is InChI=1S/C15H17BrN2O2/c16-11-1-2-12-13(15(17)19)9-18(14(12)7-11)8-10-3-5-20-6-4-10/h1-2,7,9-10H,3-6,8H2,(H2,17,19). The van der Waals surface area contributed by atoms with Gasteiger partial charge in [-0.15, -0.1) is 0 Å². The molecule has 4 nitrogen and oxygen atoms in total. The fourth-order valence-electron chi connectivity index (χ4n) is 2.82. The number of hydrogen-bond donors (Lipinski definition) is 1. The normalized spacial score (nSPS) is 16.6. The Morgan fingerprint density at radius 3 is 2.85 bits per heavy atom. The number of ether oxygens (including phenoxy) is 1. The summed E-state index contributed by atoms with van der Waals surface area (Å²) in [7, 11) is 0. The fourth-order valence-corrected chi connectivity index (χ4v) is 3.17. The van der Waals surface area contributed by atoms with Crippen LogP contribution in [0.5, 0.6) is 0 Å². The summed E-state index contributed by atoms with van der Waals surface area (Å²) < 4.78 is 8.55. The van der Waals surface area contributed by atoms with Gasteiger partial charge in [-0.25, -0.2) is 0 Å². The lowest BCUT2D eigenvalue weighted by molar-refractivity contribution is 0.0616. The van der Waals surface area contributed by atoms with Crippen molar-refractivity contribution in [2.24, 2.45) is 11.7 Å². The molecule has 1 aliphatic heterocycles. The third-order valence-corrected chi connectivity index (χ3v) is 4.40. The van der Waals surface area contributed by atoms with Crippen LogP contribution in [0.1, 0.15) is 23.2 Å². The van der Waals surface area contributed by atoms with Crippen molar-refractivity contribution in [1.29, 1.82) is 0 Å². The molecule has 1 saturated heterocycles. The van der Waals surface area contributed by atoms with E-state index in [1.807, 2.05) is 24.4 Å². The highest BCUT2D eigenvalue weighted by molar-refractivity contribution is 9.10. The number of carbonyl (C=O) groups is 1. The zero-order valence-electron chi connectivity index (χ0n) is 11.1. The van der Waals surface area contributed by atoms with Crippen LogP contribution in [0.3, 0.4) is 0 Å². The van der Waals surface area contributed by atoms with Gasteiger partial charge in [0.15, 0.2) is 0 Å². The Labute approximate surface area is 126 Å². The number of hydrogen-bond acceptors (Lipinski definition) is 2. The minimum atomic E-state index is -0.372. The number of rotatable bonds is 3. The van der Waals surface area contributed by atoms with E-state index in [1.54, 1.807) is 0 Å². The van der Waals surface area contributed by atoms with Gasteiger partial charge >= 0.3 is 0 Å². The molecule has 1 amide bonds. The third kappa shape index (κ3) is 2.60. The molecule has 0 atom stereocenters. The molecule has 2 N–H and O–H groups in total. The van der Waals surface area contributed by atoms with Gasteiger partial charge in [-0.2, -0.15) is 0 Å². The quantitative estimate of drug-likeness (QED) is 0.936. The highest BCUT2D eigenvalue weighted by atomic mass is 79.9.